The zero-order valence-electron chi connectivity index (χ0n) is 9.04. The highest BCUT2D eigenvalue weighted by Gasteiger charge is 2.13. The fourth-order valence-electron chi connectivity index (χ4n) is 1.78. The van der Waals surface area contributed by atoms with E-state index in [0.29, 0.717) is 0 Å². The van der Waals surface area contributed by atoms with E-state index in [1.54, 1.807) is 0 Å². The van der Waals surface area contributed by atoms with Gasteiger partial charge in [0.25, 0.3) is 0 Å². The fraction of sp³-hybridized carbons (Fsp3) is 0.818. The van der Waals surface area contributed by atoms with Gasteiger partial charge in [0.05, 0.1) is 13.2 Å². The average molecular weight is 245 g/mol. The third-order valence-electron chi connectivity index (χ3n) is 2.59. The minimum atomic E-state index is 0.814. The van der Waals surface area contributed by atoms with Gasteiger partial charge < -0.3 is 10.1 Å². The summed E-state index contributed by atoms with van der Waals surface area (Å²) in [6.45, 7) is 3.90. The van der Waals surface area contributed by atoms with Crippen LogP contribution in [0, 0.1) is 0 Å². The van der Waals surface area contributed by atoms with Crippen molar-refractivity contribution in [3.8, 4) is 0 Å². The predicted molar refractivity (Wildman–Crippen MR) is 70.0 cm³/mol. The highest BCUT2D eigenvalue weighted by atomic mass is 32.2. The van der Waals surface area contributed by atoms with Gasteiger partial charge in [0.2, 0.25) is 0 Å². The number of rotatable bonds is 4. The summed E-state index contributed by atoms with van der Waals surface area (Å²) in [5, 5.41) is 4.36. The molecule has 4 heteroatoms. The normalized spacial score (nSPS) is 27.5. The standard InChI is InChI=1S/C11H19NOS2/c1-2-10(8-13-3-1)6-12-7-11-9-14-4-5-15-11/h2,11-12H,1,3-9H2. The molecule has 0 spiro atoms. The lowest BCUT2D eigenvalue weighted by atomic mass is 10.2. The number of hydrogen-bond acceptors (Lipinski definition) is 4. The van der Waals surface area contributed by atoms with Gasteiger partial charge in [-0.15, -0.1) is 0 Å². The Bertz CT molecular complexity index is 215. The molecule has 86 valence electrons. The Hall–Kier alpha value is 0.360. The summed E-state index contributed by atoms with van der Waals surface area (Å²) in [7, 11) is 0. The van der Waals surface area contributed by atoms with E-state index in [9.17, 15) is 0 Å². The minimum Gasteiger partial charge on any atom is -0.377 e. The Labute approximate surface area is 101 Å². The molecule has 1 N–H and O–H groups in total. The summed E-state index contributed by atoms with van der Waals surface area (Å²) in [6.07, 6.45) is 3.41. The molecule has 2 aliphatic heterocycles. The second-order valence-electron chi connectivity index (χ2n) is 3.90. The molecule has 2 heterocycles. The molecule has 2 nitrogen and oxygen atoms in total. The van der Waals surface area contributed by atoms with E-state index in [2.05, 4.69) is 34.9 Å². The second kappa shape index (κ2) is 6.84. The summed E-state index contributed by atoms with van der Waals surface area (Å²) < 4.78 is 5.41. The number of thioether (sulfide) groups is 2. The first-order valence-electron chi connectivity index (χ1n) is 5.61. The molecular weight excluding hydrogens is 226 g/mol. The molecule has 0 aromatic carbocycles. The fourth-order valence-corrected chi connectivity index (χ4v) is 4.43. The molecule has 2 rings (SSSR count). The van der Waals surface area contributed by atoms with Crippen molar-refractivity contribution in [1.29, 1.82) is 0 Å². The molecule has 1 fully saturated rings. The number of nitrogens with one attached hydrogen (secondary N) is 1. The van der Waals surface area contributed by atoms with Crippen molar-refractivity contribution >= 4 is 23.5 Å². The molecule has 0 aromatic rings. The Morgan fingerprint density at radius 2 is 2.47 bits per heavy atom. The molecule has 0 radical (unpaired) electrons. The van der Waals surface area contributed by atoms with Crippen LogP contribution in [0.4, 0.5) is 0 Å². The monoisotopic (exact) mass is 245 g/mol. The zero-order chi connectivity index (χ0) is 10.3. The van der Waals surface area contributed by atoms with Crippen LogP contribution in [-0.2, 0) is 4.74 Å². The van der Waals surface area contributed by atoms with Crippen molar-refractivity contribution in [3.63, 3.8) is 0 Å². The van der Waals surface area contributed by atoms with E-state index in [-0.39, 0.29) is 0 Å². The molecule has 15 heavy (non-hydrogen) atoms. The van der Waals surface area contributed by atoms with Crippen LogP contribution in [0.25, 0.3) is 0 Å². The first-order valence-corrected chi connectivity index (χ1v) is 7.81. The lowest BCUT2D eigenvalue weighted by molar-refractivity contribution is 0.149. The summed E-state index contributed by atoms with van der Waals surface area (Å²) in [5.74, 6) is 3.97. The van der Waals surface area contributed by atoms with Crippen LogP contribution in [0.2, 0.25) is 0 Å². The van der Waals surface area contributed by atoms with Crippen LogP contribution in [0.3, 0.4) is 0 Å². The third-order valence-corrected chi connectivity index (χ3v) is 5.44. The van der Waals surface area contributed by atoms with Crippen molar-refractivity contribution in [2.75, 3.05) is 43.6 Å². The van der Waals surface area contributed by atoms with E-state index in [1.807, 2.05) is 0 Å². The van der Waals surface area contributed by atoms with E-state index >= 15 is 0 Å². The van der Waals surface area contributed by atoms with Gasteiger partial charge in [-0.2, -0.15) is 23.5 Å². The smallest absolute Gasteiger partial charge is 0.0689 e. The molecule has 0 bridgehead atoms. The Morgan fingerprint density at radius 1 is 1.47 bits per heavy atom. The van der Waals surface area contributed by atoms with Gasteiger partial charge in [0.1, 0.15) is 0 Å². The quantitative estimate of drug-likeness (QED) is 0.762. The van der Waals surface area contributed by atoms with Gasteiger partial charge in [-0.05, 0) is 12.0 Å². The lowest BCUT2D eigenvalue weighted by Crippen LogP contribution is -2.31. The largest absolute Gasteiger partial charge is 0.377 e. The van der Waals surface area contributed by atoms with Gasteiger partial charge in [-0.3, -0.25) is 0 Å². The van der Waals surface area contributed by atoms with Crippen LogP contribution in [0.1, 0.15) is 6.42 Å². The maximum Gasteiger partial charge on any atom is 0.0689 e. The summed E-state index contributed by atoms with van der Waals surface area (Å²) >= 11 is 4.20. The predicted octanol–water partition coefficient (Wildman–Crippen LogP) is 1.77. The van der Waals surface area contributed by atoms with Gasteiger partial charge in [0.15, 0.2) is 0 Å². The third kappa shape index (κ3) is 4.39. The lowest BCUT2D eigenvalue weighted by Gasteiger charge is -2.22. The van der Waals surface area contributed by atoms with E-state index in [1.165, 1.54) is 22.8 Å². The van der Waals surface area contributed by atoms with Crippen LogP contribution in [0.5, 0.6) is 0 Å². The zero-order valence-corrected chi connectivity index (χ0v) is 10.7. The Morgan fingerprint density at radius 3 is 3.20 bits per heavy atom. The van der Waals surface area contributed by atoms with Crippen molar-refractivity contribution in [3.05, 3.63) is 11.6 Å². The second-order valence-corrected chi connectivity index (χ2v) is 6.46. The van der Waals surface area contributed by atoms with E-state index in [0.717, 1.165) is 38.0 Å². The molecule has 0 amide bonds. The van der Waals surface area contributed by atoms with Gasteiger partial charge in [0, 0.05) is 35.6 Å². The maximum atomic E-state index is 5.41. The van der Waals surface area contributed by atoms with Crippen molar-refractivity contribution in [2.24, 2.45) is 0 Å². The van der Waals surface area contributed by atoms with Crippen LogP contribution in [0.15, 0.2) is 11.6 Å². The number of hydrogen-bond donors (Lipinski definition) is 1. The molecule has 0 aliphatic carbocycles. The molecule has 1 saturated heterocycles. The van der Waals surface area contributed by atoms with E-state index < -0.39 is 0 Å². The SMILES string of the molecule is C1=C(CNCC2CSCCS2)COCC1. The average Bonchev–Trinajstić information content (AvgIpc) is 2.32. The summed E-state index contributed by atoms with van der Waals surface area (Å²) in [4.78, 5) is 0. The molecule has 0 saturated carbocycles. The summed E-state index contributed by atoms with van der Waals surface area (Å²) in [6, 6.07) is 0. The van der Waals surface area contributed by atoms with Gasteiger partial charge in [-0.25, -0.2) is 0 Å². The highest BCUT2D eigenvalue weighted by molar-refractivity contribution is 8.06. The minimum absolute atomic E-state index is 0.814. The molecule has 0 aromatic heterocycles. The molecular formula is C11H19NOS2. The molecule has 1 atom stereocenters. The molecule has 2 aliphatic rings. The van der Waals surface area contributed by atoms with Crippen LogP contribution in [-0.4, -0.2) is 48.8 Å². The Kier molecular flexibility index (Phi) is 5.40. The Balaban J connectivity index is 1.59. The summed E-state index contributed by atoms with van der Waals surface area (Å²) in [5.41, 5.74) is 1.43. The van der Waals surface area contributed by atoms with Crippen LogP contribution >= 0.6 is 23.5 Å². The van der Waals surface area contributed by atoms with Crippen molar-refractivity contribution in [1.82, 2.24) is 5.32 Å². The van der Waals surface area contributed by atoms with Crippen LogP contribution < -0.4 is 5.32 Å². The van der Waals surface area contributed by atoms with Crippen molar-refractivity contribution < 1.29 is 4.74 Å². The first-order chi connectivity index (χ1) is 7.45. The van der Waals surface area contributed by atoms with Crippen molar-refractivity contribution in [2.45, 2.75) is 11.7 Å². The topological polar surface area (TPSA) is 21.3 Å². The first kappa shape index (κ1) is 11.8. The molecule has 1 unspecified atom stereocenters. The highest BCUT2D eigenvalue weighted by Crippen LogP contribution is 2.23. The van der Waals surface area contributed by atoms with Gasteiger partial charge >= 0.3 is 0 Å². The maximum absolute atomic E-state index is 5.41. The van der Waals surface area contributed by atoms with Gasteiger partial charge in [-0.1, -0.05) is 6.08 Å². The van der Waals surface area contributed by atoms with E-state index in [4.69, 9.17) is 4.74 Å². The number of ether oxygens (including phenoxy) is 1.